The summed E-state index contributed by atoms with van der Waals surface area (Å²) in [5, 5.41) is 7.18. The SMILES string of the molecule is c1cc(-c2ccc3c(c2)N2c4ccccc4NC2N3)cc(-c2ccc3[nH]c4nc5ccccc5n4c3c2)c1. The van der Waals surface area contributed by atoms with Gasteiger partial charge in [0, 0.05) is 0 Å². The molecule has 0 bridgehead atoms. The second kappa shape index (κ2) is 7.17. The fourth-order valence-corrected chi connectivity index (χ4v) is 6.06. The van der Waals surface area contributed by atoms with Gasteiger partial charge in [0.05, 0.1) is 44.8 Å². The number of H-pyrrole nitrogens is 1. The molecule has 3 N–H and O–H groups in total. The van der Waals surface area contributed by atoms with Crippen LogP contribution in [0, 0.1) is 0 Å². The lowest BCUT2D eigenvalue weighted by molar-refractivity contribution is 0.902. The Balaban J connectivity index is 1.14. The number of hydrogen-bond donors (Lipinski definition) is 3. The van der Waals surface area contributed by atoms with Crippen LogP contribution in [0.15, 0.2) is 109 Å². The second-order valence-electron chi connectivity index (χ2n) is 10.0. The molecule has 2 aliphatic rings. The van der Waals surface area contributed by atoms with Crippen molar-refractivity contribution in [2.75, 3.05) is 15.5 Å². The van der Waals surface area contributed by atoms with Crippen LogP contribution in [0.3, 0.4) is 0 Å². The lowest BCUT2D eigenvalue weighted by atomic mass is 9.98. The van der Waals surface area contributed by atoms with Crippen LogP contribution in [0.2, 0.25) is 0 Å². The van der Waals surface area contributed by atoms with E-state index < -0.39 is 0 Å². The molecule has 0 aliphatic carbocycles. The van der Waals surface area contributed by atoms with Crippen molar-refractivity contribution in [3.05, 3.63) is 109 Å². The van der Waals surface area contributed by atoms with Gasteiger partial charge in [0.2, 0.25) is 5.78 Å². The molecule has 2 aliphatic heterocycles. The van der Waals surface area contributed by atoms with E-state index in [0.29, 0.717) is 0 Å². The molecule has 5 aromatic carbocycles. The van der Waals surface area contributed by atoms with E-state index in [2.05, 4.69) is 128 Å². The van der Waals surface area contributed by atoms with E-state index in [4.69, 9.17) is 4.98 Å². The lowest BCUT2D eigenvalue weighted by Gasteiger charge is -2.18. The van der Waals surface area contributed by atoms with Crippen LogP contribution in [0.5, 0.6) is 0 Å². The number of para-hydroxylation sites is 4. The van der Waals surface area contributed by atoms with Crippen molar-refractivity contribution >= 4 is 50.6 Å². The largest absolute Gasteiger partial charge is 0.346 e. The first-order valence-electron chi connectivity index (χ1n) is 12.9. The van der Waals surface area contributed by atoms with Crippen molar-refractivity contribution in [3.63, 3.8) is 0 Å². The van der Waals surface area contributed by atoms with Gasteiger partial charge < -0.3 is 15.6 Å². The molecule has 0 saturated carbocycles. The summed E-state index contributed by atoms with van der Waals surface area (Å²) in [5.74, 6) is 0.870. The van der Waals surface area contributed by atoms with Crippen molar-refractivity contribution in [2.24, 2.45) is 0 Å². The zero-order valence-electron chi connectivity index (χ0n) is 20.3. The molecule has 4 heterocycles. The Morgan fingerprint density at radius 3 is 2.24 bits per heavy atom. The molecule has 6 heteroatoms. The molecule has 0 radical (unpaired) electrons. The zero-order valence-corrected chi connectivity index (χ0v) is 20.3. The molecule has 0 saturated heterocycles. The molecule has 0 fully saturated rings. The number of anilines is 4. The van der Waals surface area contributed by atoms with Crippen LogP contribution in [0.1, 0.15) is 0 Å². The Bertz CT molecular complexity index is 2070. The number of imidazole rings is 2. The summed E-state index contributed by atoms with van der Waals surface area (Å²) in [6.45, 7) is 0. The maximum absolute atomic E-state index is 4.77. The predicted molar refractivity (Wildman–Crippen MR) is 155 cm³/mol. The van der Waals surface area contributed by atoms with Gasteiger partial charge in [-0.1, -0.05) is 54.6 Å². The fourth-order valence-electron chi connectivity index (χ4n) is 6.06. The summed E-state index contributed by atoms with van der Waals surface area (Å²) in [6, 6.07) is 38.8. The first kappa shape index (κ1) is 19.9. The molecule has 1 unspecified atom stereocenters. The third-order valence-corrected chi connectivity index (χ3v) is 7.84. The molecule has 0 spiro atoms. The third kappa shape index (κ3) is 2.69. The van der Waals surface area contributed by atoms with Gasteiger partial charge in [0.1, 0.15) is 0 Å². The van der Waals surface area contributed by atoms with E-state index in [0.717, 1.165) is 39.2 Å². The number of hydrogen-bond acceptors (Lipinski definition) is 4. The van der Waals surface area contributed by atoms with Gasteiger partial charge in [-0.3, -0.25) is 9.30 Å². The predicted octanol–water partition coefficient (Wildman–Crippen LogP) is 7.58. The van der Waals surface area contributed by atoms with Crippen LogP contribution in [-0.4, -0.2) is 20.7 Å². The first-order chi connectivity index (χ1) is 18.8. The summed E-state index contributed by atoms with van der Waals surface area (Å²) in [5.41, 5.74) is 13.8. The molecule has 9 rings (SSSR count). The Hall–Kier alpha value is -5.23. The zero-order chi connectivity index (χ0) is 24.8. The van der Waals surface area contributed by atoms with Crippen LogP contribution in [0.25, 0.3) is 50.1 Å². The van der Waals surface area contributed by atoms with E-state index in [1.807, 2.05) is 6.07 Å². The van der Waals surface area contributed by atoms with Crippen LogP contribution < -0.4 is 15.5 Å². The van der Waals surface area contributed by atoms with Gasteiger partial charge in [0.25, 0.3) is 0 Å². The van der Waals surface area contributed by atoms with Crippen molar-refractivity contribution in [1.82, 2.24) is 14.4 Å². The normalized spacial score (nSPS) is 15.5. The molecule has 38 heavy (non-hydrogen) atoms. The monoisotopic (exact) mass is 490 g/mol. The molecular formula is C32H22N6. The van der Waals surface area contributed by atoms with Gasteiger partial charge >= 0.3 is 0 Å². The van der Waals surface area contributed by atoms with Crippen LogP contribution in [0.4, 0.5) is 22.7 Å². The molecule has 6 nitrogen and oxygen atoms in total. The minimum Gasteiger partial charge on any atom is -0.346 e. The smallest absolute Gasteiger partial charge is 0.213 e. The molecule has 0 amide bonds. The minimum atomic E-state index is 0.0492. The summed E-state index contributed by atoms with van der Waals surface area (Å²) < 4.78 is 2.21. The second-order valence-corrected chi connectivity index (χ2v) is 10.0. The lowest BCUT2D eigenvalue weighted by Crippen LogP contribution is -2.32. The summed E-state index contributed by atoms with van der Waals surface area (Å²) in [7, 11) is 0. The number of nitrogens with zero attached hydrogens (tertiary/aromatic N) is 3. The summed E-state index contributed by atoms with van der Waals surface area (Å²) in [6.07, 6.45) is 0.0492. The maximum Gasteiger partial charge on any atom is 0.213 e. The average molecular weight is 491 g/mol. The highest BCUT2D eigenvalue weighted by Gasteiger charge is 2.36. The van der Waals surface area contributed by atoms with Crippen LogP contribution >= 0.6 is 0 Å². The van der Waals surface area contributed by atoms with Crippen molar-refractivity contribution < 1.29 is 0 Å². The standard InChI is InChI=1S/C32H22N6/c1-3-10-27-23(8-1)33-31-35-25-14-12-21(17-29(25)37(27)31)19-6-5-7-20(16-19)22-13-15-26-30(18-22)38-28-11-4-2-9-24(28)34-32(38)36-26/h1-18,31,33,35H,(H,34,36). The van der Waals surface area contributed by atoms with E-state index in [-0.39, 0.29) is 6.29 Å². The highest BCUT2D eigenvalue weighted by molar-refractivity contribution is 5.95. The first-order valence-corrected chi connectivity index (χ1v) is 12.9. The summed E-state index contributed by atoms with van der Waals surface area (Å²) >= 11 is 0. The number of rotatable bonds is 2. The van der Waals surface area contributed by atoms with Crippen molar-refractivity contribution in [2.45, 2.75) is 6.29 Å². The number of benzene rings is 5. The Labute approximate surface area is 218 Å². The van der Waals surface area contributed by atoms with Gasteiger partial charge in [-0.2, -0.15) is 0 Å². The Kier molecular flexibility index (Phi) is 3.75. The van der Waals surface area contributed by atoms with E-state index in [9.17, 15) is 0 Å². The summed E-state index contributed by atoms with van der Waals surface area (Å²) in [4.78, 5) is 10.6. The number of aromatic amines is 1. The topological polar surface area (TPSA) is 60.4 Å². The Morgan fingerprint density at radius 1 is 0.579 bits per heavy atom. The van der Waals surface area contributed by atoms with Gasteiger partial charge in [-0.25, -0.2) is 4.98 Å². The number of fused-ring (bicyclic) bond motifs is 10. The van der Waals surface area contributed by atoms with E-state index in [1.54, 1.807) is 0 Å². The maximum atomic E-state index is 4.77. The van der Waals surface area contributed by atoms with Gasteiger partial charge in [0.15, 0.2) is 6.29 Å². The number of aromatic nitrogens is 3. The quantitative estimate of drug-likeness (QED) is 0.234. The van der Waals surface area contributed by atoms with Crippen LogP contribution in [-0.2, 0) is 0 Å². The molecule has 7 aromatic rings. The third-order valence-electron chi connectivity index (χ3n) is 7.84. The number of nitrogens with one attached hydrogen (secondary N) is 3. The molecule has 1 atom stereocenters. The van der Waals surface area contributed by atoms with Crippen molar-refractivity contribution in [1.29, 1.82) is 0 Å². The van der Waals surface area contributed by atoms with E-state index >= 15 is 0 Å². The van der Waals surface area contributed by atoms with Gasteiger partial charge in [-0.15, -0.1) is 0 Å². The minimum absolute atomic E-state index is 0.0492. The molecule has 180 valence electrons. The fraction of sp³-hybridized carbons (Fsp3) is 0.0312. The van der Waals surface area contributed by atoms with Gasteiger partial charge in [-0.05, 0) is 76.9 Å². The highest BCUT2D eigenvalue weighted by Crippen LogP contribution is 2.48. The van der Waals surface area contributed by atoms with Crippen molar-refractivity contribution in [3.8, 4) is 22.3 Å². The Morgan fingerprint density at radius 2 is 1.32 bits per heavy atom. The average Bonchev–Trinajstić information content (AvgIpc) is 3.69. The highest BCUT2D eigenvalue weighted by atomic mass is 15.5. The molecular weight excluding hydrogens is 468 g/mol. The molecule has 2 aromatic heterocycles. The van der Waals surface area contributed by atoms with E-state index in [1.165, 1.54) is 33.6 Å².